The summed E-state index contributed by atoms with van der Waals surface area (Å²) < 4.78 is 69.9. The highest BCUT2D eigenvalue weighted by Gasteiger charge is 2.40. The van der Waals surface area contributed by atoms with Crippen molar-refractivity contribution in [2.24, 2.45) is 0 Å². The van der Waals surface area contributed by atoms with Gasteiger partial charge in [0.15, 0.2) is 6.79 Å². The molecule has 1 N–H and O–H groups in total. The molecule has 1 aliphatic rings. The number of carbonyl (C=O) groups is 1. The molecule has 1 atom stereocenters. The molecule has 1 unspecified atom stereocenters. The van der Waals surface area contributed by atoms with Crippen LogP contribution in [-0.4, -0.2) is 33.6 Å². The molecule has 174 valence electrons. The van der Waals surface area contributed by atoms with Gasteiger partial charge in [-0.3, -0.25) is 0 Å². The topological polar surface area (TPSA) is 56.8 Å². The molecule has 0 bridgehead atoms. The molecule has 2 rings (SSSR count). The summed E-state index contributed by atoms with van der Waals surface area (Å²) in [5.41, 5.74) is 0.0552. The molecule has 9 heteroatoms. The maximum absolute atomic E-state index is 15.1. The molecule has 0 aliphatic carbocycles. The number of esters is 1. The second kappa shape index (κ2) is 11.3. The average Bonchev–Trinajstić information content (AvgIpc) is 2.67. The largest absolute Gasteiger partial charge is 0.435 e. The van der Waals surface area contributed by atoms with E-state index in [2.05, 4.69) is 5.32 Å². The summed E-state index contributed by atoms with van der Waals surface area (Å²) in [6.45, 7) is 3.40. The predicted molar refractivity (Wildman–Crippen MR) is 108 cm³/mol. The van der Waals surface area contributed by atoms with Crippen LogP contribution in [0, 0.1) is 5.82 Å². The lowest BCUT2D eigenvalue weighted by Crippen LogP contribution is -2.30. The van der Waals surface area contributed by atoms with Gasteiger partial charge in [-0.1, -0.05) is 19.6 Å². The lowest BCUT2D eigenvalue weighted by molar-refractivity contribution is -0.149. The minimum Gasteiger partial charge on any atom is -0.435 e. The third-order valence-corrected chi connectivity index (χ3v) is 4.87. The number of halogens is 4. The van der Waals surface area contributed by atoms with Gasteiger partial charge in [0.2, 0.25) is 0 Å². The second-order valence-electron chi connectivity index (χ2n) is 6.89. The number of alkyl halides is 3. The highest BCUT2D eigenvalue weighted by molar-refractivity contribution is 5.92. The van der Waals surface area contributed by atoms with Crippen molar-refractivity contribution in [2.75, 3.05) is 27.6 Å². The van der Waals surface area contributed by atoms with E-state index in [0.717, 1.165) is 6.07 Å². The van der Waals surface area contributed by atoms with Gasteiger partial charge in [-0.15, -0.1) is 0 Å². The van der Waals surface area contributed by atoms with Gasteiger partial charge < -0.3 is 19.5 Å². The van der Waals surface area contributed by atoms with E-state index in [9.17, 15) is 18.0 Å². The van der Waals surface area contributed by atoms with Crippen LogP contribution in [0.3, 0.4) is 0 Å². The zero-order chi connectivity index (χ0) is 22.5. The maximum atomic E-state index is 15.1. The summed E-state index contributed by atoms with van der Waals surface area (Å²) in [4.78, 5) is 12.7. The van der Waals surface area contributed by atoms with E-state index in [1.165, 1.54) is 20.3 Å². The van der Waals surface area contributed by atoms with Crippen molar-refractivity contribution >= 4 is 5.97 Å². The second-order valence-corrected chi connectivity index (χ2v) is 6.89. The number of hydrogen-bond donors (Lipinski definition) is 1. The van der Waals surface area contributed by atoms with Crippen molar-refractivity contribution in [3.63, 3.8) is 0 Å². The van der Waals surface area contributed by atoms with Gasteiger partial charge in [0, 0.05) is 43.7 Å². The number of hydrogen-bond acceptors (Lipinski definition) is 5. The molecular weight excluding hydrogens is 418 g/mol. The molecular formula is C22H29F4NO4. The molecule has 1 aromatic carbocycles. The summed E-state index contributed by atoms with van der Waals surface area (Å²) in [6.07, 6.45) is -3.93. The number of benzene rings is 1. The summed E-state index contributed by atoms with van der Waals surface area (Å²) in [5, 5.41) is 3.06. The third-order valence-electron chi connectivity index (χ3n) is 4.87. The first-order valence-electron chi connectivity index (χ1n) is 9.31. The zero-order valence-corrected chi connectivity index (χ0v) is 17.3. The van der Waals surface area contributed by atoms with Crippen LogP contribution in [-0.2, 0) is 25.2 Å². The zero-order valence-electron chi connectivity index (χ0n) is 17.3. The molecule has 5 nitrogen and oxygen atoms in total. The lowest BCUT2D eigenvalue weighted by atomic mass is 9.78. The maximum Gasteiger partial charge on any atom is 0.419 e. The number of methoxy groups -OCH3 is 2. The van der Waals surface area contributed by atoms with Crippen LogP contribution in [0.2, 0.25) is 0 Å². The van der Waals surface area contributed by atoms with Crippen LogP contribution in [0.25, 0.3) is 0 Å². The van der Waals surface area contributed by atoms with E-state index in [4.69, 9.17) is 14.2 Å². The van der Waals surface area contributed by atoms with Crippen LogP contribution < -0.4 is 5.32 Å². The Kier molecular flexibility index (Phi) is 9.71. The first-order valence-corrected chi connectivity index (χ1v) is 9.31. The highest BCUT2D eigenvalue weighted by atomic mass is 19.4. The number of carbonyl (C=O) groups excluding carboxylic acids is 1. The normalized spacial score (nSPS) is 16.7. The lowest BCUT2D eigenvalue weighted by Gasteiger charge is -2.32. The molecule has 31 heavy (non-hydrogen) atoms. The standard InChI is InChI=1S/C21H25F4NO4.CH4/c1-12-14(8-6-10-28-3)18(17(13(2)26-12)20(27)30-11-29-4)15-7-5-9-16(19(15)22)21(23,24)25;/h5,7,9,18,26H,6,8,10-11H2,1-4H3;1H4. The van der Waals surface area contributed by atoms with E-state index < -0.39 is 29.4 Å². The minimum absolute atomic E-state index is 0. The van der Waals surface area contributed by atoms with Gasteiger partial charge >= 0.3 is 12.1 Å². The first kappa shape index (κ1) is 26.6. The molecule has 0 fully saturated rings. The smallest absolute Gasteiger partial charge is 0.419 e. The number of dihydropyridines is 1. The van der Waals surface area contributed by atoms with Crippen molar-refractivity contribution in [1.82, 2.24) is 5.32 Å². The van der Waals surface area contributed by atoms with Crippen LogP contribution in [0.15, 0.2) is 40.7 Å². The SMILES string of the molecule is C.COCCCC1=C(C)NC(C)=C(C(=O)OCOC)C1c1cccc(C(F)(F)F)c1F. The van der Waals surface area contributed by atoms with Gasteiger partial charge in [-0.05, 0) is 38.3 Å². The van der Waals surface area contributed by atoms with Gasteiger partial charge in [0.1, 0.15) is 5.82 Å². The van der Waals surface area contributed by atoms with Crippen molar-refractivity contribution in [3.05, 3.63) is 57.7 Å². The van der Waals surface area contributed by atoms with E-state index in [0.29, 0.717) is 42.5 Å². The Morgan fingerprint density at radius 2 is 1.81 bits per heavy atom. The molecule has 1 heterocycles. The Morgan fingerprint density at radius 3 is 2.39 bits per heavy atom. The van der Waals surface area contributed by atoms with Gasteiger partial charge in [0.05, 0.1) is 11.1 Å². The summed E-state index contributed by atoms with van der Waals surface area (Å²) >= 11 is 0. The molecule has 1 aliphatic heterocycles. The third kappa shape index (κ3) is 6.07. The fraction of sp³-hybridized carbons (Fsp3) is 0.500. The van der Waals surface area contributed by atoms with Crippen molar-refractivity contribution in [3.8, 4) is 0 Å². The highest BCUT2D eigenvalue weighted by Crippen LogP contribution is 2.43. The fourth-order valence-electron chi connectivity index (χ4n) is 3.57. The van der Waals surface area contributed by atoms with Crippen molar-refractivity contribution in [1.29, 1.82) is 0 Å². The molecule has 0 aromatic heterocycles. The van der Waals surface area contributed by atoms with Gasteiger partial charge in [-0.25, -0.2) is 9.18 Å². The minimum atomic E-state index is -4.86. The molecule has 0 saturated carbocycles. The molecule has 0 amide bonds. The summed E-state index contributed by atoms with van der Waals surface area (Å²) in [6, 6.07) is 3.08. The van der Waals surface area contributed by atoms with E-state index in [1.54, 1.807) is 13.8 Å². The Bertz CT molecular complexity index is 846. The van der Waals surface area contributed by atoms with E-state index in [-0.39, 0.29) is 25.4 Å². The Hall–Kier alpha value is -2.39. The van der Waals surface area contributed by atoms with Crippen molar-refractivity contribution < 1.29 is 36.6 Å². The fourth-order valence-corrected chi connectivity index (χ4v) is 3.57. The molecule has 0 radical (unpaired) electrons. The van der Waals surface area contributed by atoms with Gasteiger partial charge in [-0.2, -0.15) is 13.2 Å². The summed E-state index contributed by atoms with van der Waals surface area (Å²) in [5.74, 6) is -3.23. The first-order chi connectivity index (χ1) is 14.1. The molecule has 1 aromatic rings. The van der Waals surface area contributed by atoms with Crippen LogP contribution in [0.1, 0.15) is 51.2 Å². The number of nitrogens with one attached hydrogen (secondary N) is 1. The number of rotatable bonds is 8. The van der Waals surface area contributed by atoms with E-state index >= 15 is 4.39 Å². The quantitative estimate of drug-likeness (QED) is 0.254. The number of ether oxygens (including phenoxy) is 3. The van der Waals surface area contributed by atoms with Crippen molar-refractivity contribution in [2.45, 2.75) is 46.2 Å². The van der Waals surface area contributed by atoms with Crippen LogP contribution in [0.4, 0.5) is 17.6 Å². The predicted octanol–water partition coefficient (Wildman–Crippen LogP) is 5.29. The Morgan fingerprint density at radius 1 is 1.13 bits per heavy atom. The monoisotopic (exact) mass is 447 g/mol. The van der Waals surface area contributed by atoms with Crippen LogP contribution in [0.5, 0.6) is 0 Å². The average molecular weight is 447 g/mol. The van der Waals surface area contributed by atoms with Crippen LogP contribution >= 0.6 is 0 Å². The molecule has 0 saturated heterocycles. The Labute approximate surface area is 180 Å². The number of allylic oxidation sites excluding steroid dienone is 3. The van der Waals surface area contributed by atoms with E-state index in [1.807, 2.05) is 0 Å². The Balaban J connectivity index is 0.00000480. The van der Waals surface area contributed by atoms with Gasteiger partial charge in [0.25, 0.3) is 0 Å². The molecule has 0 spiro atoms. The summed E-state index contributed by atoms with van der Waals surface area (Å²) in [7, 11) is 2.86.